The first-order valence-corrected chi connectivity index (χ1v) is 8.59. The number of aryl methyl sites for hydroxylation is 1. The third kappa shape index (κ3) is 3.34. The molecule has 0 saturated carbocycles. The zero-order valence-corrected chi connectivity index (χ0v) is 14.0. The molecule has 0 heterocycles. The molecule has 3 nitrogen and oxygen atoms in total. The van der Waals surface area contributed by atoms with E-state index in [4.69, 9.17) is 4.74 Å². The minimum absolute atomic E-state index is 0.166. The first-order valence-electron chi connectivity index (χ1n) is 8.59. The van der Waals surface area contributed by atoms with Crippen LogP contribution in [0.2, 0.25) is 0 Å². The van der Waals surface area contributed by atoms with Gasteiger partial charge in [0.2, 0.25) is 5.91 Å². The highest BCUT2D eigenvalue weighted by atomic mass is 16.5. The highest BCUT2D eigenvalue weighted by Gasteiger charge is 2.22. The van der Waals surface area contributed by atoms with Crippen molar-refractivity contribution in [1.29, 1.82) is 0 Å². The molecule has 0 bridgehead atoms. The predicted octanol–water partition coefficient (Wildman–Crippen LogP) is 4.18. The van der Waals surface area contributed by atoms with E-state index in [0.29, 0.717) is 12.3 Å². The van der Waals surface area contributed by atoms with E-state index in [1.807, 2.05) is 6.92 Å². The SMILES string of the molecule is CCCC(=O)NCCC1CCc2cccc3cc(OC)cc1c23. The normalized spacial score (nSPS) is 16.3. The summed E-state index contributed by atoms with van der Waals surface area (Å²) >= 11 is 0. The van der Waals surface area contributed by atoms with Crippen molar-refractivity contribution < 1.29 is 9.53 Å². The van der Waals surface area contributed by atoms with Gasteiger partial charge in [0.1, 0.15) is 5.75 Å². The van der Waals surface area contributed by atoms with E-state index < -0.39 is 0 Å². The van der Waals surface area contributed by atoms with Gasteiger partial charge in [-0.2, -0.15) is 0 Å². The Labute approximate surface area is 138 Å². The fraction of sp³-hybridized carbons (Fsp3) is 0.450. The molecule has 3 heteroatoms. The summed E-state index contributed by atoms with van der Waals surface area (Å²) in [5.74, 6) is 1.58. The van der Waals surface area contributed by atoms with Crippen LogP contribution in [0, 0.1) is 0 Å². The van der Waals surface area contributed by atoms with E-state index in [1.54, 1.807) is 7.11 Å². The lowest BCUT2D eigenvalue weighted by Gasteiger charge is -2.26. The minimum Gasteiger partial charge on any atom is -0.497 e. The number of ether oxygens (including phenoxy) is 1. The zero-order valence-electron chi connectivity index (χ0n) is 14.0. The number of nitrogens with one attached hydrogen (secondary N) is 1. The van der Waals surface area contributed by atoms with Crippen LogP contribution < -0.4 is 10.1 Å². The van der Waals surface area contributed by atoms with Gasteiger partial charge in [-0.05, 0) is 65.6 Å². The number of benzene rings is 2. The number of carbonyl (C=O) groups is 1. The number of carbonyl (C=O) groups excluding carboxylic acids is 1. The maximum atomic E-state index is 11.6. The van der Waals surface area contributed by atoms with Gasteiger partial charge in [-0.15, -0.1) is 0 Å². The van der Waals surface area contributed by atoms with Crippen LogP contribution >= 0.6 is 0 Å². The molecule has 0 saturated heterocycles. The molecular formula is C20H25NO2. The molecule has 0 fully saturated rings. The number of rotatable bonds is 6. The molecule has 1 aliphatic rings. The fourth-order valence-electron chi connectivity index (χ4n) is 3.65. The van der Waals surface area contributed by atoms with Gasteiger partial charge < -0.3 is 10.1 Å². The Hall–Kier alpha value is -2.03. The van der Waals surface area contributed by atoms with Gasteiger partial charge in [0.25, 0.3) is 0 Å². The lowest BCUT2D eigenvalue weighted by molar-refractivity contribution is -0.121. The van der Waals surface area contributed by atoms with Crippen LogP contribution in [0.4, 0.5) is 0 Å². The quantitative estimate of drug-likeness (QED) is 0.869. The van der Waals surface area contributed by atoms with Crippen molar-refractivity contribution in [3.8, 4) is 5.75 Å². The van der Waals surface area contributed by atoms with E-state index in [1.165, 1.54) is 21.9 Å². The molecule has 1 unspecified atom stereocenters. The first kappa shape index (κ1) is 15.9. The highest BCUT2D eigenvalue weighted by Crippen LogP contribution is 2.40. The molecule has 0 spiro atoms. The Morgan fingerprint density at radius 1 is 1.35 bits per heavy atom. The number of methoxy groups -OCH3 is 1. The zero-order chi connectivity index (χ0) is 16.2. The molecule has 0 radical (unpaired) electrons. The van der Waals surface area contributed by atoms with Crippen molar-refractivity contribution in [2.75, 3.05) is 13.7 Å². The van der Waals surface area contributed by atoms with Gasteiger partial charge in [0, 0.05) is 13.0 Å². The topological polar surface area (TPSA) is 38.3 Å². The summed E-state index contributed by atoms with van der Waals surface area (Å²) in [6.07, 6.45) is 4.77. The summed E-state index contributed by atoms with van der Waals surface area (Å²) in [5, 5.41) is 5.70. The van der Waals surface area contributed by atoms with Crippen molar-refractivity contribution in [1.82, 2.24) is 5.32 Å². The summed E-state index contributed by atoms with van der Waals surface area (Å²) in [6, 6.07) is 10.8. The Kier molecular flexibility index (Phi) is 4.85. The van der Waals surface area contributed by atoms with Gasteiger partial charge in [0.05, 0.1) is 7.11 Å². The van der Waals surface area contributed by atoms with Crippen LogP contribution in [0.1, 0.15) is 49.7 Å². The second kappa shape index (κ2) is 7.03. The van der Waals surface area contributed by atoms with Gasteiger partial charge in [-0.1, -0.05) is 25.1 Å². The Morgan fingerprint density at radius 3 is 3.00 bits per heavy atom. The lowest BCUT2D eigenvalue weighted by Crippen LogP contribution is -2.25. The van der Waals surface area contributed by atoms with Crippen molar-refractivity contribution in [2.24, 2.45) is 0 Å². The molecule has 1 atom stereocenters. The third-order valence-corrected chi connectivity index (χ3v) is 4.80. The van der Waals surface area contributed by atoms with Crippen molar-refractivity contribution >= 4 is 16.7 Å². The van der Waals surface area contributed by atoms with Crippen LogP contribution in [-0.4, -0.2) is 19.6 Å². The molecule has 1 amide bonds. The van der Waals surface area contributed by atoms with Gasteiger partial charge >= 0.3 is 0 Å². The van der Waals surface area contributed by atoms with E-state index >= 15 is 0 Å². The number of amides is 1. The van der Waals surface area contributed by atoms with Crippen molar-refractivity contribution in [3.63, 3.8) is 0 Å². The highest BCUT2D eigenvalue weighted by molar-refractivity contribution is 5.91. The molecule has 3 rings (SSSR count). The molecule has 1 aliphatic carbocycles. The molecule has 2 aromatic carbocycles. The summed E-state index contributed by atoms with van der Waals surface area (Å²) in [4.78, 5) is 11.6. The Bertz CT molecular complexity index is 708. The molecule has 0 aliphatic heterocycles. The van der Waals surface area contributed by atoms with Gasteiger partial charge in [0.15, 0.2) is 0 Å². The maximum absolute atomic E-state index is 11.6. The Balaban J connectivity index is 1.83. The molecule has 0 aromatic heterocycles. The smallest absolute Gasteiger partial charge is 0.219 e. The molecule has 1 N–H and O–H groups in total. The van der Waals surface area contributed by atoms with Crippen molar-refractivity contribution in [3.05, 3.63) is 41.5 Å². The van der Waals surface area contributed by atoms with Crippen molar-refractivity contribution in [2.45, 2.75) is 44.9 Å². The molecular weight excluding hydrogens is 286 g/mol. The van der Waals surface area contributed by atoms with E-state index in [2.05, 4.69) is 35.6 Å². The predicted molar refractivity (Wildman–Crippen MR) is 94.1 cm³/mol. The molecule has 2 aromatic rings. The summed E-state index contributed by atoms with van der Waals surface area (Å²) in [5.41, 5.74) is 2.82. The molecule has 23 heavy (non-hydrogen) atoms. The van der Waals surface area contributed by atoms with E-state index in [-0.39, 0.29) is 5.91 Å². The van der Waals surface area contributed by atoms with Crippen LogP contribution in [0.5, 0.6) is 5.75 Å². The van der Waals surface area contributed by atoms with Crippen LogP contribution in [0.25, 0.3) is 10.8 Å². The van der Waals surface area contributed by atoms with Crippen LogP contribution in [-0.2, 0) is 11.2 Å². The largest absolute Gasteiger partial charge is 0.497 e. The van der Waals surface area contributed by atoms with Crippen LogP contribution in [0.15, 0.2) is 30.3 Å². The summed E-state index contributed by atoms with van der Waals surface area (Å²) < 4.78 is 5.48. The monoisotopic (exact) mass is 311 g/mol. The number of hydrogen-bond acceptors (Lipinski definition) is 2. The maximum Gasteiger partial charge on any atom is 0.219 e. The average molecular weight is 311 g/mol. The average Bonchev–Trinajstić information content (AvgIpc) is 2.57. The minimum atomic E-state index is 0.166. The second-order valence-corrected chi connectivity index (χ2v) is 6.36. The summed E-state index contributed by atoms with van der Waals surface area (Å²) in [7, 11) is 1.72. The van der Waals surface area contributed by atoms with E-state index in [9.17, 15) is 4.79 Å². The molecule has 122 valence electrons. The van der Waals surface area contributed by atoms with E-state index in [0.717, 1.165) is 38.0 Å². The standard InChI is InChI=1S/C20H25NO2/c1-3-5-19(22)21-11-10-14-8-9-15-6-4-7-16-12-17(23-2)13-18(14)20(15)16/h4,6-7,12-14H,3,5,8-11H2,1-2H3,(H,21,22). The number of hydrogen-bond donors (Lipinski definition) is 1. The first-order chi connectivity index (χ1) is 11.2. The lowest BCUT2D eigenvalue weighted by atomic mass is 9.79. The van der Waals surface area contributed by atoms with Gasteiger partial charge in [-0.25, -0.2) is 0 Å². The Morgan fingerprint density at radius 2 is 2.22 bits per heavy atom. The third-order valence-electron chi connectivity index (χ3n) is 4.80. The second-order valence-electron chi connectivity index (χ2n) is 6.36. The fourth-order valence-corrected chi connectivity index (χ4v) is 3.65. The van der Waals surface area contributed by atoms with Gasteiger partial charge in [-0.3, -0.25) is 4.79 Å². The summed E-state index contributed by atoms with van der Waals surface area (Å²) in [6.45, 7) is 2.79. The van der Waals surface area contributed by atoms with Crippen LogP contribution in [0.3, 0.4) is 0 Å².